The largest absolute Gasteiger partial charge is 0.454 e. The number of aromatic nitrogens is 1. The highest BCUT2D eigenvalue weighted by Crippen LogP contribution is 2.46. The summed E-state index contributed by atoms with van der Waals surface area (Å²) in [6.07, 6.45) is 1.90. The molecule has 0 radical (unpaired) electrons. The van der Waals surface area contributed by atoms with E-state index in [0.29, 0.717) is 0 Å². The molecule has 0 atom stereocenters. The maximum absolute atomic E-state index is 6.30. The summed E-state index contributed by atoms with van der Waals surface area (Å²) in [5.41, 5.74) is 6.29. The number of nitrogens with zero attached hydrogens (tertiary/aromatic N) is 1. The lowest BCUT2D eigenvalue weighted by Gasteiger charge is -2.17. The first-order chi connectivity index (χ1) is 21.8. The van der Waals surface area contributed by atoms with Crippen molar-refractivity contribution in [3.63, 3.8) is 0 Å². The normalized spacial score (nSPS) is 12.1. The van der Waals surface area contributed by atoms with Gasteiger partial charge in [-0.1, -0.05) is 103 Å². The highest BCUT2D eigenvalue weighted by Gasteiger charge is 2.19. The van der Waals surface area contributed by atoms with E-state index in [-0.39, 0.29) is 0 Å². The predicted octanol–water partition coefficient (Wildman–Crippen LogP) is 12.1. The van der Waals surface area contributed by atoms with Gasteiger partial charge < -0.3 is 4.42 Å². The van der Waals surface area contributed by atoms with Crippen LogP contribution < -0.4 is 0 Å². The van der Waals surface area contributed by atoms with Gasteiger partial charge in [-0.05, 0) is 73.8 Å². The van der Waals surface area contributed by atoms with Crippen molar-refractivity contribution in [3.8, 4) is 22.4 Å². The second-order valence-electron chi connectivity index (χ2n) is 11.5. The Kier molecular flexibility index (Phi) is 4.90. The molecule has 0 spiro atoms. The van der Waals surface area contributed by atoms with E-state index in [1.54, 1.807) is 0 Å². The van der Waals surface area contributed by atoms with Gasteiger partial charge in [0.2, 0.25) is 0 Å². The van der Waals surface area contributed by atoms with E-state index in [2.05, 4.69) is 133 Å². The Morgan fingerprint density at radius 3 is 1.86 bits per heavy atom. The minimum absolute atomic E-state index is 0.807. The highest BCUT2D eigenvalue weighted by molar-refractivity contribution is 7.25. The van der Waals surface area contributed by atoms with E-state index in [0.717, 1.165) is 33.2 Å². The van der Waals surface area contributed by atoms with Crippen LogP contribution in [-0.4, -0.2) is 4.98 Å². The fraction of sp³-hybridized carbons (Fsp3) is 0. The summed E-state index contributed by atoms with van der Waals surface area (Å²) in [6.45, 7) is 0. The summed E-state index contributed by atoms with van der Waals surface area (Å²) in [4.78, 5) is 5.03. The van der Waals surface area contributed by atoms with Crippen LogP contribution in [0.4, 0.5) is 0 Å². The SMILES string of the molecule is c1ccc2c(c1)ccc1oc3cnc(-c4c5ccccc5c(-c5ccc6sc7ccccc7c6c5)c5ccccc45)cc3c12. The first-order valence-corrected chi connectivity index (χ1v) is 15.7. The van der Waals surface area contributed by atoms with Crippen LogP contribution in [0, 0.1) is 0 Å². The van der Waals surface area contributed by atoms with E-state index in [9.17, 15) is 0 Å². The Bertz CT molecular complexity index is 2730. The average Bonchev–Trinajstić information content (AvgIpc) is 3.65. The molecular weight excluding hydrogens is 555 g/mol. The molecule has 0 unspecified atom stereocenters. The van der Waals surface area contributed by atoms with Gasteiger partial charge in [0.25, 0.3) is 0 Å². The molecular formula is C41H23NOS. The summed E-state index contributed by atoms with van der Waals surface area (Å²) in [5, 5.41) is 12.1. The third-order valence-electron chi connectivity index (χ3n) is 9.10. The number of furan rings is 1. The van der Waals surface area contributed by atoms with Gasteiger partial charge in [-0.2, -0.15) is 0 Å². The van der Waals surface area contributed by atoms with Crippen LogP contribution >= 0.6 is 11.3 Å². The van der Waals surface area contributed by atoms with E-state index >= 15 is 0 Å². The van der Waals surface area contributed by atoms with Gasteiger partial charge in [-0.3, -0.25) is 4.98 Å². The average molecular weight is 578 g/mol. The van der Waals surface area contributed by atoms with Crippen molar-refractivity contribution in [1.29, 1.82) is 0 Å². The van der Waals surface area contributed by atoms with Crippen molar-refractivity contribution in [2.75, 3.05) is 0 Å². The highest BCUT2D eigenvalue weighted by atomic mass is 32.1. The molecule has 0 amide bonds. The molecule has 0 aliphatic heterocycles. The fourth-order valence-electron chi connectivity index (χ4n) is 7.19. The minimum Gasteiger partial charge on any atom is -0.454 e. The Balaban J connectivity index is 1.29. The summed E-state index contributed by atoms with van der Waals surface area (Å²) >= 11 is 1.86. The van der Waals surface area contributed by atoms with Crippen LogP contribution in [0.2, 0.25) is 0 Å². The summed E-state index contributed by atoms with van der Waals surface area (Å²) in [6, 6.07) is 48.2. The Morgan fingerprint density at radius 1 is 0.455 bits per heavy atom. The van der Waals surface area contributed by atoms with E-state index in [4.69, 9.17) is 9.40 Å². The van der Waals surface area contributed by atoms with Gasteiger partial charge in [0.15, 0.2) is 5.58 Å². The van der Waals surface area contributed by atoms with E-state index < -0.39 is 0 Å². The molecule has 0 aliphatic carbocycles. The number of hydrogen-bond acceptors (Lipinski definition) is 3. The van der Waals surface area contributed by atoms with Gasteiger partial charge in [0.05, 0.1) is 11.9 Å². The third kappa shape index (κ3) is 3.33. The monoisotopic (exact) mass is 577 g/mol. The minimum atomic E-state index is 0.807. The van der Waals surface area contributed by atoms with Crippen LogP contribution in [0.25, 0.3) is 96.8 Å². The lowest BCUT2D eigenvalue weighted by Crippen LogP contribution is -1.92. The quantitative estimate of drug-likeness (QED) is 0.191. The maximum Gasteiger partial charge on any atom is 0.153 e. The molecule has 3 aromatic heterocycles. The summed E-state index contributed by atoms with van der Waals surface area (Å²) < 4.78 is 8.94. The molecule has 0 N–H and O–H groups in total. The van der Waals surface area contributed by atoms with Gasteiger partial charge in [0, 0.05) is 36.5 Å². The Morgan fingerprint density at radius 2 is 1.09 bits per heavy atom. The molecule has 0 fully saturated rings. The standard InChI is InChI=1S/C41H23NOS/c1-2-10-26-24(9-1)17-19-35-41(26)33-22-34(42-23-36(33)43-35)40-30-14-5-3-12-28(30)39(29-13-4-6-15-31(29)40)25-18-20-38-32(21-25)27-11-7-8-16-37(27)44-38/h1-23H. The zero-order valence-electron chi connectivity index (χ0n) is 23.5. The fourth-order valence-corrected chi connectivity index (χ4v) is 8.27. The molecule has 0 bridgehead atoms. The van der Waals surface area contributed by atoms with Gasteiger partial charge in [-0.25, -0.2) is 0 Å². The van der Waals surface area contributed by atoms with Crippen molar-refractivity contribution < 1.29 is 4.42 Å². The van der Waals surface area contributed by atoms with Crippen molar-refractivity contribution in [3.05, 3.63) is 140 Å². The van der Waals surface area contributed by atoms with Gasteiger partial charge in [-0.15, -0.1) is 11.3 Å². The first kappa shape index (κ1) is 24.0. The third-order valence-corrected chi connectivity index (χ3v) is 10.3. The zero-order valence-corrected chi connectivity index (χ0v) is 24.4. The van der Waals surface area contributed by atoms with E-state index in [1.807, 2.05) is 17.5 Å². The van der Waals surface area contributed by atoms with Gasteiger partial charge in [0.1, 0.15) is 5.58 Å². The number of pyridine rings is 1. The van der Waals surface area contributed by atoms with Crippen LogP contribution in [0.1, 0.15) is 0 Å². The number of thiophene rings is 1. The van der Waals surface area contributed by atoms with Crippen LogP contribution in [0.5, 0.6) is 0 Å². The van der Waals surface area contributed by atoms with Crippen molar-refractivity contribution >= 4 is 85.8 Å². The molecule has 3 heterocycles. The molecule has 3 heteroatoms. The number of benzene rings is 7. The molecule has 0 saturated heterocycles. The van der Waals surface area contributed by atoms with Crippen LogP contribution in [0.15, 0.2) is 144 Å². The Labute approximate surface area is 256 Å². The zero-order chi connectivity index (χ0) is 28.8. The molecule has 10 rings (SSSR count). The predicted molar refractivity (Wildman–Crippen MR) is 188 cm³/mol. The number of fused-ring (bicyclic) bond motifs is 10. The second kappa shape index (κ2) is 9.00. The topological polar surface area (TPSA) is 26.0 Å². The van der Waals surface area contributed by atoms with Crippen LogP contribution in [0.3, 0.4) is 0 Å². The second-order valence-corrected chi connectivity index (χ2v) is 12.6. The van der Waals surface area contributed by atoms with Crippen molar-refractivity contribution in [2.45, 2.75) is 0 Å². The van der Waals surface area contributed by atoms with Crippen molar-refractivity contribution in [1.82, 2.24) is 4.98 Å². The smallest absolute Gasteiger partial charge is 0.153 e. The molecule has 10 aromatic rings. The lowest BCUT2D eigenvalue weighted by atomic mass is 9.87. The Hall–Kier alpha value is -5.51. The molecule has 204 valence electrons. The molecule has 0 saturated carbocycles. The number of rotatable bonds is 2. The van der Waals surface area contributed by atoms with Gasteiger partial charge >= 0.3 is 0 Å². The molecule has 44 heavy (non-hydrogen) atoms. The van der Waals surface area contributed by atoms with Crippen molar-refractivity contribution in [2.24, 2.45) is 0 Å². The molecule has 7 aromatic carbocycles. The lowest BCUT2D eigenvalue weighted by molar-refractivity contribution is 0.667. The summed E-state index contributed by atoms with van der Waals surface area (Å²) in [7, 11) is 0. The maximum atomic E-state index is 6.30. The van der Waals surface area contributed by atoms with E-state index in [1.165, 1.54) is 63.6 Å². The number of hydrogen-bond donors (Lipinski definition) is 0. The summed E-state index contributed by atoms with van der Waals surface area (Å²) in [5.74, 6) is 0. The molecule has 2 nitrogen and oxygen atoms in total. The molecule has 0 aliphatic rings. The first-order valence-electron chi connectivity index (χ1n) is 14.9. The van der Waals surface area contributed by atoms with Crippen LogP contribution in [-0.2, 0) is 0 Å².